The van der Waals surface area contributed by atoms with Crippen LogP contribution in [0.2, 0.25) is 0 Å². The van der Waals surface area contributed by atoms with Gasteiger partial charge in [0, 0.05) is 18.6 Å². The molecule has 3 rings (SSSR count). The molecule has 2 aromatic heterocycles. The van der Waals surface area contributed by atoms with Crippen molar-refractivity contribution in [2.45, 2.75) is 26.3 Å². The summed E-state index contributed by atoms with van der Waals surface area (Å²) in [6.45, 7) is 5.18. The minimum atomic E-state index is -0.00106. The van der Waals surface area contributed by atoms with E-state index in [1.807, 2.05) is 30.1 Å². The molecular formula is C17H21N3O. The van der Waals surface area contributed by atoms with Crippen molar-refractivity contribution in [3.05, 3.63) is 53.5 Å². The first kappa shape index (κ1) is 13.9. The second kappa shape index (κ2) is 5.74. The minimum Gasteiger partial charge on any atom is -0.459 e. The molecule has 1 atom stereocenters. The Balaban J connectivity index is 2.00. The van der Waals surface area contributed by atoms with E-state index in [0.29, 0.717) is 0 Å². The first-order valence-corrected chi connectivity index (χ1v) is 7.40. The highest BCUT2D eigenvalue weighted by Crippen LogP contribution is 2.28. The average molecular weight is 283 g/mol. The lowest BCUT2D eigenvalue weighted by Gasteiger charge is -2.13. The van der Waals surface area contributed by atoms with Gasteiger partial charge in [0.1, 0.15) is 17.4 Å². The van der Waals surface area contributed by atoms with Crippen molar-refractivity contribution in [3.63, 3.8) is 0 Å². The zero-order valence-corrected chi connectivity index (χ0v) is 12.8. The zero-order valence-electron chi connectivity index (χ0n) is 12.8. The number of nitrogens with zero attached hydrogens (tertiary/aromatic N) is 2. The molecule has 0 fully saturated rings. The van der Waals surface area contributed by atoms with Gasteiger partial charge in [0.15, 0.2) is 0 Å². The molecule has 0 amide bonds. The fourth-order valence-electron chi connectivity index (χ4n) is 2.55. The summed E-state index contributed by atoms with van der Waals surface area (Å²) in [5.74, 6) is 0.919. The van der Waals surface area contributed by atoms with Gasteiger partial charge in [-0.15, -0.1) is 0 Å². The van der Waals surface area contributed by atoms with Crippen LogP contribution in [0.15, 0.2) is 40.9 Å². The summed E-state index contributed by atoms with van der Waals surface area (Å²) < 4.78 is 7.86. The molecule has 0 radical (unpaired) electrons. The van der Waals surface area contributed by atoms with Gasteiger partial charge in [-0.3, -0.25) is 4.68 Å². The maximum atomic E-state index is 6.03. The molecule has 0 aliphatic heterocycles. The molecule has 4 nitrogen and oxygen atoms in total. The predicted molar refractivity (Wildman–Crippen MR) is 84.3 cm³/mol. The smallest absolute Gasteiger partial charge is 0.134 e. The van der Waals surface area contributed by atoms with E-state index in [9.17, 15) is 0 Å². The Morgan fingerprint density at radius 3 is 2.86 bits per heavy atom. The Kier molecular flexibility index (Phi) is 3.80. The van der Waals surface area contributed by atoms with Crippen LogP contribution >= 0.6 is 0 Å². The lowest BCUT2D eigenvalue weighted by molar-refractivity contribution is 0.460. The van der Waals surface area contributed by atoms with Crippen molar-refractivity contribution in [3.8, 4) is 0 Å². The van der Waals surface area contributed by atoms with E-state index >= 15 is 0 Å². The van der Waals surface area contributed by atoms with E-state index in [1.54, 1.807) is 0 Å². The number of aryl methyl sites for hydroxylation is 2. The Hall–Kier alpha value is -2.07. The number of nitrogens with one attached hydrogen (secondary N) is 1. The first-order valence-electron chi connectivity index (χ1n) is 7.40. The second-order valence-corrected chi connectivity index (χ2v) is 5.49. The number of fused-ring (bicyclic) bond motifs is 1. The second-order valence-electron chi connectivity index (χ2n) is 5.49. The summed E-state index contributed by atoms with van der Waals surface area (Å²) in [6, 6.07) is 10.4. The van der Waals surface area contributed by atoms with E-state index in [0.717, 1.165) is 35.4 Å². The molecule has 3 aromatic rings. The Labute approximate surface area is 124 Å². The third-order valence-corrected chi connectivity index (χ3v) is 3.60. The largest absolute Gasteiger partial charge is 0.459 e. The van der Waals surface area contributed by atoms with Gasteiger partial charge in [-0.25, -0.2) is 0 Å². The lowest BCUT2D eigenvalue weighted by atomic mass is 10.1. The number of benzene rings is 1. The SMILES string of the molecule is CCCNC(c1ccn(C)n1)c1cc2cc(C)ccc2o1. The van der Waals surface area contributed by atoms with Gasteiger partial charge >= 0.3 is 0 Å². The van der Waals surface area contributed by atoms with Gasteiger partial charge in [0.2, 0.25) is 0 Å². The molecule has 4 heteroatoms. The van der Waals surface area contributed by atoms with Crippen LogP contribution in [0, 0.1) is 6.92 Å². The summed E-state index contributed by atoms with van der Waals surface area (Å²) in [5, 5.41) is 9.19. The molecule has 1 unspecified atom stereocenters. The molecule has 0 aliphatic rings. The van der Waals surface area contributed by atoms with Gasteiger partial charge < -0.3 is 9.73 Å². The topological polar surface area (TPSA) is 43.0 Å². The number of hydrogen-bond acceptors (Lipinski definition) is 3. The van der Waals surface area contributed by atoms with Gasteiger partial charge in [-0.1, -0.05) is 18.6 Å². The number of rotatable bonds is 5. The van der Waals surface area contributed by atoms with Gasteiger partial charge in [0.05, 0.1) is 5.69 Å². The maximum absolute atomic E-state index is 6.03. The van der Waals surface area contributed by atoms with Crippen LogP contribution in [0.25, 0.3) is 11.0 Å². The quantitative estimate of drug-likeness (QED) is 0.778. The van der Waals surface area contributed by atoms with Crippen LogP contribution in [0.3, 0.4) is 0 Å². The third-order valence-electron chi connectivity index (χ3n) is 3.60. The predicted octanol–water partition coefficient (Wildman–Crippen LogP) is 3.56. The molecule has 0 aliphatic carbocycles. The van der Waals surface area contributed by atoms with Gasteiger partial charge in [0.25, 0.3) is 0 Å². The van der Waals surface area contributed by atoms with E-state index in [-0.39, 0.29) is 6.04 Å². The summed E-state index contributed by atoms with van der Waals surface area (Å²) in [5.41, 5.74) is 3.15. The summed E-state index contributed by atoms with van der Waals surface area (Å²) in [7, 11) is 1.93. The molecule has 2 heterocycles. The van der Waals surface area contributed by atoms with Crippen molar-refractivity contribution in [2.24, 2.45) is 7.05 Å². The standard InChI is InChI=1S/C17H21N3O/c1-4-8-18-17(14-7-9-20(3)19-14)16-11-13-10-12(2)5-6-15(13)21-16/h5-7,9-11,17-18H,4,8H2,1-3H3. The third kappa shape index (κ3) is 2.85. The van der Waals surface area contributed by atoms with Crippen molar-refractivity contribution in [2.75, 3.05) is 6.54 Å². The normalized spacial score (nSPS) is 12.9. The van der Waals surface area contributed by atoms with Crippen LogP contribution in [-0.2, 0) is 7.05 Å². The molecule has 0 saturated heterocycles. The van der Waals surface area contributed by atoms with E-state index in [4.69, 9.17) is 4.42 Å². The van der Waals surface area contributed by atoms with Crippen LogP contribution in [-0.4, -0.2) is 16.3 Å². The molecule has 21 heavy (non-hydrogen) atoms. The molecule has 1 aromatic carbocycles. The van der Waals surface area contributed by atoms with E-state index < -0.39 is 0 Å². The fraction of sp³-hybridized carbons (Fsp3) is 0.353. The Morgan fingerprint density at radius 2 is 2.14 bits per heavy atom. The highest BCUT2D eigenvalue weighted by Gasteiger charge is 2.20. The minimum absolute atomic E-state index is 0.00106. The van der Waals surface area contributed by atoms with Crippen LogP contribution in [0.5, 0.6) is 0 Å². The maximum Gasteiger partial charge on any atom is 0.134 e. The Bertz CT molecular complexity index is 741. The molecule has 110 valence electrons. The number of aromatic nitrogens is 2. The first-order chi connectivity index (χ1) is 10.2. The van der Waals surface area contributed by atoms with Crippen LogP contribution < -0.4 is 5.32 Å². The fourth-order valence-corrected chi connectivity index (χ4v) is 2.55. The van der Waals surface area contributed by atoms with E-state index in [2.05, 4.69) is 42.5 Å². The van der Waals surface area contributed by atoms with Crippen LogP contribution in [0.4, 0.5) is 0 Å². The average Bonchev–Trinajstić information content (AvgIpc) is 3.05. The lowest BCUT2D eigenvalue weighted by Crippen LogP contribution is -2.23. The summed E-state index contributed by atoms with van der Waals surface area (Å²) in [4.78, 5) is 0. The zero-order chi connectivity index (χ0) is 14.8. The van der Waals surface area contributed by atoms with E-state index in [1.165, 1.54) is 5.56 Å². The van der Waals surface area contributed by atoms with Crippen molar-refractivity contribution >= 4 is 11.0 Å². The molecule has 0 saturated carbocycles. The summed E-state index contributed by atoms with van der Waals surface area (Å²) in [6.07, 6.45) is 3.03. The molecule has 1 N–H and O–H groups in total. The van der Waals surface area contributed by atoms with Crippen molar-refractivity contribution < 1.29 is 4.42 Å². The molecular weight excluding hydrogens is 262 g/mol. The monoisotopic (exact) mass is 283 g/mol. The van der Waals surface area contributed by atoms with Crippen molar-refractivity contribution in [1.29, 1.82) is 0 Å². The Morgan fingerprint density at radius 1 is 1.29 bits per heavy atom. The summed E-state index contributed by atoms with van der Waals surface area (Å²) >= 11 is 0. The van der Waals surface area contributed by atoms with Gasteiger partial charge in [-0.05, 0) is 44.2 Å². The number of furan rings is 1. The van der Waals surface area contributed by atoms with Gasteiger partial charge in [-0.2, -0.15) is 5.10 Å². The highest BCUT2D eigenvalue weighted by atomic mass is 16.3. The number of hydrogen-bond donors (Lipinski definition) is 1. The molecule has 0 spiro atoms. The van der Waals surface area contributed by atoms with Crippen LogP contribution in [0.1, 0.15) is 36.4 Å². The van der Waals surface area contributed by atoms with Crippen molar-refractivity contribution in [1.82, 2.24) is 15.1 Å². The molecule has 0 bridgehead atoms. The highest BCUT2D eigenvalue weighted by molar-refractivity contribution is 5.78.